The number of hydrogen-bond acceptors (Lipinski definition) is 6. The number of nitrogens with zero attached hydrogens (tertiary/aromatic N) is 7. The summed E-state index contributed by atoms with van der Waals surface area (Å²) in [6, 6.07) is 10.3. The van der Waals surface area contributed by atoms with Crippen molar-refractivity contribution in [3.8, 4) is 0 Å². The van der Waals surface area contributed by atoms with Gasteiger partial charge in [-0.2, -0.15) is 0 Å². The summed E-state index contributed by atoms with van der Waals surface area (Å²) >= 11 is 0. The van der Waals surface area contributed by atoms with E-state index in [9.17, 15) is 0 Å². The molecule has 0 aliphatic carbocycles. The molecule has 8 nitrogen and oxygen atoms in total. The second-order valence-corrected chi connectivity index (χ2v) is 7.84. The molecule has 0 aromatic carbocycles. The number of aromatic nitrogens is 2. The maximum absolute atomic E-state index is 4.69. The molecular formula is C22H32N8. The van der Waals surface area contributed by atoms with Crippen LogP contribution in [0.1, 0.15) is 5.56 Å². The quantitative estimate of drug-likeness (QED) is 0.601. The molecule has 0 amide bonds. The molecule has 2 fully saturated rings. The first-order chi connectivity index (χ1) is 14.7. The summed E-state index contributed by atoms with van der Waals surface area (Å²) in [6.45, 7) is 8.65. The monoisotopic (exact) mass is 408 g/mol. The topological polar surface area (TPSA) is 63.1 Å². The first-order valence-electron chi connectivity index (χ1n) is 10.7. The van der Waals surface area contributed by atoms with Gasteiger partial charge in [0.1, 0.15) is 11.6 Å². The van der Waals surface area contributed by atoms with Gasteiger partial charge in [0.25, 0.3) is 0 Å². The summed E-state index contributed by atoms with van der Waals surface area (Å²) in [5.41, 5.74) is 1.22. The molecule has 4 rings (SSSR count). The Morgan fingerprint density at radius 3 is 2.33 bits per heavy atom. The fourth-order valence-corrected chi connectivity index (χ4v) is 4.07. The highest BCUT2D eigenvalue weighted by Gasteiger charge is 2.21. The highest BCUT2D eigenvalue weighted by molar-refractivity contribution is 5.80. The molecule has 2 aliphatic rings. The normalized spacial score (nSPS) is 18.6. The minimum absolute atomic E-state index is 0.725. The summed E-state index contributed by atoms with van der Waals surface area (Å²) in [4.78, 5) is 23.1. The lowest BCUT2D eigenvalue weighted by atomic mass is 10.2. The van der Waals surface area contributed by atoms with Crippen LogP contribution in [0.3, 0.4) is 0 Å². The number of anilines is 2. The molecule has 2 aromatic rings. The largest absolute Gasteiger partial charge is 0.354 e. The molecule has 0 unspecified atom stereocenters. The Bertz CT molecular complexity index is 824. The number of pyridine rings is 2. The molecule has 2 aromatic heterocycles. The SMILES string of the molecule is CN=C(NCc1cccnc1N1CCN(C)CC1)N1CCN(c2ccccn2)CC1. The van der Waals surface area contributed by atoms with Gasteiger partial charge in [0.15, 0.2) is 5.96 Å². The van der Waals surface area contributed by atoms with Gasteiger partial charge in [-0.25, -0.2) is 9.97 Å². The molecule has 2 saturated heterocycles. The van der Waals surface area contributed by atoms with Gasteiger partial charge in [-0.15, -0.1) is 0 Å². The van der Waals surface area contributed by atoms with Crippen molar-refractivity contribution in [3.05, 3.63) is 48.3 Å². The van der Waals surface area contributed by atoms with E-state index in [1.165, 1.54) is 5.56 Å². The zero-order valence-corrected chi connectivity index (χ0v) is 18.0. The van der Waals surface area contributed by atoms with E-state index in [1.54, 1.807) is 0 Å². The summed E-state index contributed by atoms with van der Waals surface area (Å²) < 4.78 is 0. The first kappa shape index (κ1) is 20.4. The van der Waals surface area contributed by atoms with Crippen molar-refractivity contribution in [2.45, 2.75) is 6.54 Å². The molecule has 4 heterocycles. The van der Waals surface area contributed by atoms with Crippen LogP contribution in [0.5, 0.6) is 0 Å². The van der Waals surface area contributed by atoms with Crippen molar-refractivity contribution < 1.29 is 0 Å². The molecule has 0 bridgehead atoms. The lowest BCUT2D eigenvalue weighted by molar-refractivity contribution is 0.311. The number of hydrogen-bond donors (Lipinski definition) is 1. The Balaban J connectivity index is 1.34. The average molecular weight is 409 g/mol. The van der Waals surface area contributed by atoms with E-state index < -0.39 is 0 Å². The van der Waals surface area contributed by atoms with E-state index in [2.05, 4.69) is 59.1 Å². The lowest BCUT2D eigenvalue weighted by Gasteiger charge is -2.37. The average Bonchev–Trinajstić information content (AvgIpc) is 2.81. The van der Waals surface area contributed by atoms with E-state index in [1.807, 2.05) is 37.6 Å². The summed E-state index contributed by atoms with van der Waals surface area (Å²) in [5, 5.41) is 3.56. The van der Waals surface area contributed by atoms with E-state index in [0.29, 0.717) is 0 Å². The van der Waals surface area contributed by atoms with Gasteiger partial charge in [0.05, 0.1) is 0 Å². The fourth-order valence-electron chi connectivity index (χ4n) is 4.07. The molecular weight excluding hydrogens is 376 g/mol. The van der Waals surface area contributed by atoms with Crippen molar-refractivity contribution in [1.82, 2.24) is 25.1 Å². The number of piperazine rings is 2. The van der Waals surface area contributed by atoms with Crippen molar-refractivity contribution in [3.63, 3.8) is 0 Å². The van der Waals surface area contributed by atoms with E-state index >= 15 is 0 Å². The number of nitrogens with one attached hydrogen (secondary N) is 1. The number of likely N-dealkylation sites (N-methyl/N-ethyl adjacent to an activating group) is 1. The number of aliphatic imine (C=N–C) groups is 1. The van der Waals surface area contributed by atoms with Crippen molar-refractivity contribution in [1.29, 1.82) is 0 Å². The highest BCUT2D eigenvalue weighted by atomic mass is 15.4. The summed E-state index contributed by atoms with van der Waals surface area (Å²) in [6.07, 6.45) is 3.75. The molecule has 0 radical (unpaired) electrons. The fraction of sp³-hybridized carbons (Fsp3) is 0.500. The maximum Gasteiger partial charge on any atom is 0.194 e. The minimum Gasteiger partial charge on any atom is -0.354 e. The third-order valence-corrected chi connectivity index (χ3v) is 5.87. The Morgan fingerprint density at radius 1 is 0.900 bits per heavy atom. The van der Waals surface area contributed by atoms with E-state index in [-0.39, 0.29) is 0 Å². The van der Waals surface area contributed by atoms with E-state index in [4.69, 9.17) is 0 Å². The van der Waals surface area contributed by atoms with Crippen LogP contribution >= 0.6 is 0 Å². The van der Waals surface area contributed by atoms with Crippen molar-refractivity contribution in [2.75, 3.05) is 76.3 Å². The Kier molecular flexibility index (Phi) is 6.63. The van der Waals surface area contributed by atoms with Gasteiger partial charge in [-0.3, -0.25) is 4.99 Å². The van der Waals surface area contributed by atoms with Crippen LogP contribution in [0.4, 0.5) is 11.6 Å². The molecule has 0 saturated carbocycles. The van der Waals surface area contributed by atoms with Crippen LogP contribution in [0, 0.1) is 0 Å². The summed E-state index contributed by atoms with van der Waals surface area (Å²) in [7, 11) is 4.04. The number of rotatable bonds is 4. The van der Waals surface area contributed by atoms with Gasteiger partial charge in [-0.1, -0.05) is 12.1 Å². The Hall–Kier alpha value is -2.87. The van der Waals surface area contributed by atoms with Gasteiger partial charge < -0.3 is 24.9 Å². The summed E-state index contributed by atoms with van der Waals surface area (Å²) in [5.74, 6) is 3.09. The standard InChI is InChI=1S/C22H32N8/c1-23-22(30-16-14-28(15-17-30)20-7-3-4-8-24-20)26-18-19-6-5-9-25-21(19)29-12-10-27(2)11-13-29/h3-9H,10-18H2,1-2H3,(H,23,26). The zero-order valence-electron chi connectivity index (χ0n) is 18.0. The predicted octanol–water partition coefficient (Wildman–Crippen LogP) is 1.13. The Morgan fingerprint density at radius 2 is 1.63 bits per heavy atom. The van der Waals surface area contributed by atoms with Crippen LogP contribution in [0.2, 0.25) is 0 Å². The van der Waals surface area contributed by atoms with Crippen molar-refractivity contribution >= 4 is 17.6 Å². The molecule has 160 valence electrons. The third-order valence-electron chi connectivity index (χ3n) is 5.87. The number of guanidine groups is 1. The second-order valence-electron chi connectivity index (χ2n) is 7.84. The third kappa shape index (κ3) is 4.81. The maximum atomic E-state index is 4.69. The molecule has 8 heteroatoms. The molecule has 1 N–H and O–H groups in total. The predicted molar refractivity (Wildman–Crippen MR) is 122 cm³/mol. The Labute approximate surface area is 179 Å². The van der Waals surface area contributed by atoms with Crippen LogP contribution in [-0.2, 0) is 6.54 Å². The van der Waals surface area contributed by atoms with Gasteiger partial charge >= 0.3 is 0 Å². The van der Waals surface area contributed by atoms with Crippen LogP contribution < -0.4 is 15.1 Å². The first-order valence-corrected chi connectivity index (χ1v) is 10.7. The molecule has 0 spiro atoms. The molecule has 30 heavy (non-hydrogen) atoms. The van der Waals surface area contributed by atoms with Crippen LogP contribution in [0.25, 0.3) is 0 Å². The van der Waals surface area contributed by atoms with Gasteiger partial charge in [0.2, 0.25) is 0 Å². The zero-order chi connectivity index (χ0) is 20.8. The van der Waals surface area contributed by atoms with Crippen molar-refractivity contribution in [2.24, 2.45) is 4.99 Å². The molecule has 2 aliphatic heterocycles. The molecule has 0 atom stereocenters. The van der Waals surface area contributed by atoms with Gasteiger partial charge in [-0.05, 0) is 25.2 Å². The van der Waals surface area contributed by atoms with Crippen LogP contribution in [-0.4, -0.2) is 92.2 Å². The van der Waals surface area contributed by atoms with Gasteiger partial charge in [0, 0.05) is 83.9 Å². The lowest BCUT2D eigenvalue weighted by Crippen LogP contribution is -2.52. The minimum atomic E-state index is 0.725. The second kappa shape index (κ2) is 9.75. The smallest absolute Gasteiger partial charge is 0.194 e. The highest BCUT2D eigenvalue weighted by Crippen LogP contribution is 2.19. The van der Waals surface area contributed by atoms with E-state index in [0.717, 1.165) is 76.5 Å². The van der Waals surface area contributed by atoms with Crippen LogP contribution in [0.15, 0.2) is 47.7 Å².